The van der Waals surface area contributed by atoms with Crippen molar-refractivity contribution < 1.29 is 4.79 Å². The highest BCUT2D eigenvalue weighted by Crippen LogP contribution is 2.02. The lowest BCUT2D eigenvalue weighted by atomic mass is 10.2. The standard InChI is InChI=1S/C9H17N3O.C5H11N/c1-3-11-6-4-8(2)5-7-12-9(10)13;1-6-4-2-3-5-6/h3-4,11H,1,5-7H2,2H3,(H3,10,12,13);2-5H2,1H3/b8-4+;. The molecule has 1 aliphatic heterocycles. The van der Waals surface area contributed by atoms with Crippen molar-refractivity contribution in [2.45, 2.75) is 26.2 Å². The van der Waals surface area contributed by atoms with Gasteiger partial charge >= 0.3 is 6.03 Å². The fraction of sp³-hybridized carbons (Fsp3) is 0.643. The number of hydrogen-bond acceptors (Lipinski definition) is 3. The minimum atomic E-state index is -0.475. The van der Waals surface area contributed by atoms with Gasteiger partial charge in [-0.25, -0.2) is 4.79 Å². The zero-order chi connectivity index (χ0) is 14.5. The van der Waals surface area contributed by atoms with Crippen molar-refractivity contribution in [2.24, 2.45) is 5.73 Å². The maximum Gasteiger partial charge on any atom is 0.312 e. The average Bonchev–Trinajstić information content (AvgIpc) is 2.81. The number of nitrogens with one attached hydrogen (secondary N) is 2. The van der Waals surface area contributed by atoms with Crippen LogP contribution in [0, 0.1) is 0 Å². The lowest BCUT2D eigenvalue weighted by Gasteiger charge is -2.02. The molecule has 0 atom stereocenters. The number of likely N-dealkylation sites (tertiary alicyclic amines) is 1. The molecule has 0 aromatic rings. The van der Waals surface area contributed by atoms with E-state index in [1.165, 1.54) is 31.5 Å². The second-order valence-corrected chi connectivity index (χ2v) is 4.71. The van der Waals surface area contributed by atoms with Crippen molar-refractivity contribution in [3.05, 3.63) is 24.4 Å². The summed E-state index contributed by atoms with van der Waals surface area (Å²) in [4.78, 5) is 12.7. The zero-order valence-electron chi connectivity index (χ0n) is 12.2. The molecule has 0 saturated carbocycles. The number of carbonyl (C=O) groups is 1. The van der Waals surface area contributed by atoms with Crippen LogP contribution >= 0.6 is 0 Å². The number of rotatable bonds is 6. The number of hydrogen-bond donors (Lipinski definition) is 3. The normalized spacial score (nSPS) is 15.4. The Hall–Kier alpha value is -1.49. The van der Waals surface area contributed by atoms with Crippen molar-refractivity contribution in [1.29, 1.82) is 0 Å². The van der Waals surface area contributed by atoms with Crippen molar-refractivity contribution in [2.75, 3.05) is 33.2 Å². The Labute approximate surface area is 116 Å². The number of nitrogens with two attached hydrogens (primary N) is 1. The van der Waals surface area contributed by atoms with E-state index in [1.807, 2.05) is 13.0 Å². The summed E-state index contributed by atoms with van der Waals surface area (Å²) in [5.74, 6) is 0. The molecule has 5 nitrogen and oxygen atoms in total. The largest absolute Gasteiger partial charge is 0.388 e. The molecule has 0 radical (unpaired) electrons. The lowest BCUT2D eigenvalue weighted by Crippen LogP contribution is -2.30. The van der Waals surface area contributed by atoms with Crippen LogP contribution in [-0.4, -0.2) is 44.2 Å². The molecular formula is C14H28N4O. The van der Waals surface area contributed by atoms with E-state index in [-0.39, 0.29) is 0 Å². The first kappa shape index (κ1) is 17.5. The first-order chi connectivity index (χ1) is 9.06. The van der Waals surface area contributed by atoms with E-state index in [1.54, 1.807) is 6.20 Å². The monoisotopic (exact) mass is 268 g/mol. The Balaban J connectivity index is 0.000000443. The highest BCUT2D eigenvalue weighted by atomic mass is 16.2. The van der Waals surface area contributed by atoms with E-state index in [0.717, 1.165) is 13.0 Å². The van der Waals surface area contributed by atoms with Gasteiger partial charge in [0.2, 0.25) is 0 Å². The van der Waals surface area contributed by atoms with Crippen LogP contribution in [0.2, 0.25) is 0 Å². The smallest absolute Gasteiger partial charge is 0.312 e. The number of amides is 2. The van der Waals surface area contributed by atoms with E-state index in [2.05, 4.69) is 29.2 Å². The summed E-state index contributed by atoms with van der Waals surface area (Å²) in [5, 5.41) is 5.48. The molecule has 4 N–H and O–H groups in total. The summed E-state index contributed by atoms with van der Waals surface area (Å²) in [6, 6.07) is -0.475. The molecule has 0 spiro atoms. The van der Waals surface area contributed by atoms with Gasteiger partial charge in [0.15, 0.2) is 0 Å². The summed E-state index contributed by atoms with van der Waals surface area (Å²) in [7, 11) is 2.17. The van der Waals surface area contributed by atoms with Gasteiger partial charge in [0.25, 0.3) is 0 Å². The van der Waals surface area contributed by atoms with Crippen LogP contribution in [0.5, 0.6) is 0 Å². The lowest BCUT2D eigenvalue weighted by molar-refractivity contribution is 0.249. The van der Waals surface area contributed by atoms with Gasteiger partial charge in [0.05, 0.1) is 0 Å². The van der Waals surface area contributed by atoms with Gasteiger partial charge in [-0.3, -0.25) is 0 Å². The highest BCUT2D eigenvalue weighted by molar-refractivity contribution is 5.71. The van der Waals surface area contributed by atoms with Crippen LogP contribution in [0.4, 0.5) is 4.79 Å². The number of nitrogens with zero attached hydrogens (tertiary/aromatic N) is 1. The fourth-order valence-corrected chi connectivity index (χ4v) is 1.68. The third-order valence-corrected chi connectivity index (χ3v) is 2.86. The first-order valence-corrected chi connectivity index (χ1v) is 6.78. The maximum atomic E-state index is 10.3. The van der Waals surface area contributed by atoms with Gasteiger partial charge in [-0.05, 0) is 52.5 Å². The van der Waals surface area contributed by atoms with Crippen LogP contribution in [0.25, 0.3) is 0 Å². The minimum absolute atomic E-state index is 0.475. The number of urea groups is 1. The van der Waals surface area contributed by atoms with E-state index < -0.39 is 6.03 Å². The summed E-state index contributed by atoms with van der Waals surface area (Å²) < 4.78 is 0. The molecule has 0 aromatic carbocycles. The van der Waals surface area contributed by atoms with Crippen molar-refractivity contribution >= 4 is 6.03 Å². The summed E-state index contributed by atoms with van der Waals surface area (Å²) in [6.07, 6.45) is 7.34. The highest BCUT2D eigenvalue weighted by Gasteiger charge is 2.03. The molecular weight excluding hydrogens is 240 g/mol. The Bertz CT molecular complexity index is 283. The molecule has 0 unspecified atom stereocenters. The van der Waals surface area contributed by atoms with Gasteiger partial charge in [-0.15, -0.1) is 0 Å². The minimum Gasteiger partial charge on any atom is -0.388 e. The molecule has 0 aliphatic carbocycles. The summed E-state index contributed by atoms with van der Waals surface area (Å²) in [5.41, 5.74) is 6.12. The van der Waals surface area contributed by atoms with E-state index in [4.69, 9.17) is 5.73 Å². The average molecular weight is 268 g/mol. The Kier molecular flexibility index (Phi) is 10.7. The molecule has 19 heavy (non-hydrogen) atoms. The van der Waals surface area contributed by atoms with Gasteiger partial charge in [-0.2, -0.15) is 0 Å². The second-order valence-electron chi connectivity index (χ2n) is 4.71. The third kappa shape index (κ3) is 12.8. The van der Waals surface area contributed by atoms with Gasteiger partial charge < -0.3 is 21.3 Å². The van der Waals surface area contributed by atoms with Crippen LogP contribution < -0.4 is 16.4 Å². The number of carbonyl (C=O) groups excluding carboxylic acids is 1. The predicted molar refractivity (Wildman–Crippen MR) is 80.9 cm³/mol. The second kappa shape index (κ2) is 11.6. The molecule has 1 fully saturated rings. The Morgan fingerprint density at radius 1 is 1.42 bits per heavy atom. The van der Waals surface area contributed by atoms with E-state index in [9.17, 15) is 4.79 Å². The predicted octanol–water partition coefficient (Wildman–Crippen LogP) is 1.44. The Morgan fingerprint density at radius 3 is 2.47 bits per heavy atom. The van der Waals surface area contributed by atoms with Gasteiger partial charge in [-0.1, -0.05) is 18.2 Å². The molecule has 0 aromatic heterocycles. The molecule has 0 bridgehead atoms. The quantitative estimate of drug-likeness (QED) is 0.504. The van der Waals surface area contributed by atoms with Gasteiger partial charge in [0, 0.05) is 13.1 Å². The number of primary amides is 1. The van der Waals surface area contributed by atoms with E-state index >= 15 is 0 Å². The van der Waals surface area contributed by atoms with Crippen molar-refractivity contribution in [1.82, 2.24) is 15.5 Å². The summed E-state index contributed by atoms with van der Waals surface area (Å²) >= 11 is 0. The molecule has 1 rings (SSSR count). The van der Waals surface area contributed by atoms with Gasteiger partial charge in [0.1, 0.15) is 0 Å². The molecule has 1 heterocycles. The third-order valence-electron chi connectivity index (χ3n) is 2.86. The molecule has 1 aliphatic rings. The first-order valence-electron chi connectivity index (χ1n) is 6.78. The molecule has 110 valence electrons. The van der Waals surface area contributed by atoms with Crippen LogP contribution in [0.15, 0.2) is 24.4 Å². The maximum absolute atomic E-state index is 10.3. The van der Waals surface area contributed by atoms with Crippen LogP contribution in [0.1, 0.15) is 26.2 Å². The summed E-state index contributed by atoms with van der Waals surface area (Å²) in [6.45, 7) is 9.53. The zero-order valence-corrected chi connectivity index (χ0v) is 12.2. The molecule has 5 heteroatoms. The SMILES string of the molecule is C=CNC/C=C(\C)CCNC(N)=O.CN1CCCC1. The van der Waals surface area contributed by atoms with Crippen molar-refractivity contribution in [3.63, 3.8) is 0 Å². The molecule has 1 saturated heterocycles. The Morgan fingerprint density at radius 2 is 2.05 bits per heavy atom. The van der Waals surface area contributed by atoms with E-state index in [0.29, 0.717) is 6.54 Å². The van der Waals surface area contributed by atoms with Crippen LogP contribution in [0.3, 0.4) is 0 Å². The van der Waals surface area contributed by atoms with Crippen molar-refractivity contribution in [3.8, 4) is 0 Å². The topological polar surface area (TPSA) is 70.4 Å². The molecule has 2 amide bonds. The fourth-order valence-electron chi connectivity index (χ4n) is 1.68. The van der Waals surface area contributed by atoms with Crippen LogP contribution in [-0.2, 0) is 0 Å².